The molecule has 1 aromatic carbocycles. The van der Waals surface area contributed by atoms with Gasteiger partial charge in [0.05, 0.1) is 6.10 Å². The SMILES string of the molecule is CSc1ncc(C(O)C(O)CCNC(=O)OCc2ccccc2)c(Cl)n1. The van der Waals surface area contributed by atoms with Gasteiger partial charge in [0.2, 0.25) is 0 Å². The van der Waals surface area contributed by atoms with Gasteiger partial charge >= 0.3 is 6.09 Å². The molecule has 140 valence electrons. The Labute approximate surface area is 160 Å². The summed E-state index contributed by atoms with van der Waals surface area (Å²) in [5, 5.41) is 23.4. The molecule has 2 aromatic rings. The van der Waals surface area contributed by atoms with Crippen LogP contribution >= 0.6 is 23.4 Å². The number of ether oxygens (including phenoxy) is 1. The second-order valence-electron chi connectivity index (χ2n) is 5.39. The van der Waals surface area contributed by atoms with Gasteiger partial charge in [0.25, 0.3) is 0 Å². The topological polar surface area (TPSA) is 105 Å². The van der Waals surface area contributed by atoms with E-state index in [0.29, 0.717) is 5.16 Å². The molecule has 2 atom stereocenters. The first kappa shape index (κ1) is 20.4. The van der Waals surface area contributed by atoms with Crippen LogP contribution in [0.1, 0.15) is 23.7 Å². The van der Waals surface area contributed by atoms with Crippen molar-refractivity contribution in [2.45, 2.75) is 30.4 Å². The van der Waals surface area contributed by atoms with Crippen LogP contribution in [-0.4, -0.2) is 45.2 Å². The molecular weight excluding hydrogens is 378 g/mol. The Morgan fingerprint density at radius 2 is 2.08 bits per heavy atom. The molecule has 0 saturated heterocycles. The minimum Gasteiger partial charge on any atom is -0.445 e. The number of hydrogen-bond donors (Lipinski definition) is 3. The Kier molecular flexibility index (Phi) is 8.11. The summed E-state index contributed by atoms with van der Waals surface area (Å²) in [4.78, 5) is 19.7. The predicted molar refractivity (Wildman–Crippen MR) is 99.0 cm³/mol. The van der Waals surface area contributed by atoms with E-state index in [4.69, 9.17) is 16.3 Å². The van der Waals surface area contributed by atoms with E-state index in [1.807, 2.05) is 30.3 Å². The zero-order chi connectivity index (χ0) is 18.9. The van der Waals surface area contributed by atoms with Crippen molar-refractivity contribution >= 4 is 29.5 Å². The highest BCUT2D eigenvalue weighted by atomic mass is 35.5. The molecule has 9 heteroatoms. The molecule has 3 N–H and O–H groups in total. The lowest BCUT2D eigenvalue weighted by Crippen LogP contribution is -2.30. The maximum atomic E-state index is 11.6. The van der Waals surface area contributed by atoms with Crippen LogP contribution in [0.2, 0.25) is 5.15 Å². The molecule has 0 aliphatic carbocycles. The molecule has 26 heavy (non-hydrogen) atoms. The summed E-state index contributed by atoms with van der Waals surface area (Å²) in [6, 6.07) is 9.29. The van der Waals surface area contributed by atoms with Crippen molar-refractivity contribution in [1.82, 2.24) is 15.3 Å². The van der Waals surface area contributed by atoms with E-state index in [1.54, 1.807) is 6.26 Å². The van der Waals surface area contributed by atoms with Gasteiger partial charge in [-0.3, -0.25) is 0 Å². The van der Waals surface area contributed by atoms with Gasteiger partial charge in [0.15, 0.2) is 5.16 Å². The van der Waals surface area contributed by atoms with Gasteiger partial charge in [-0.1, -0.05) is 53.7 Å². The number of carbonyl (C=O) groups excluding carboxylic acids is 1. The normalized spacial score (nSPS) is 13.1. The summed E-state index contributed by atoms with van der Waals surface area (Å²) in [5.41, 5.74) is 1.12. The van der Waals surface area contributed by atoms with Crippen molar-refractivity contribution in [3.63, 3.8) is 0 Å². The lowest BCUT2D eigenvalue weighted by atomic mass is 10.1. The molecule has 1 aromatic heterocycles. The molecule has 0 aliphatic rings. The Morgan fingerprint density at radius 1 is 1.35 bits per heavy atom. The molecule has 0 bridgehead atoms. The number of hydrogen-bond acceptors (Lipinski definition) is 7. The first-order valence-corrected chi connectivity index (χ1v) is 9.48. The number of alkyl carbamates (subject to hydrolysis) is 1. The molecule has 0 radical (unpaired) electrons. The lowest BCUT2D eigenvalue weighted by Gasteiger charge is -2.18. The van der Waals surface area contributed by atoms with E-state index in [2.05, 4.69) is 15.3 Å². The van der Waals surface area contributed by atoms with Gasteiger partial charge < -0.3 is 20.3 Å². The fourth-order valence-corrected chi connectivity index (χ4v) is 2.74. The maximum Gasteiger partial charge on any atom is 0.407 e. The number of aliphatic hydroxyl groups is 2. The average Bonchev–Trinajstić information content (AvgIpc) is 2.66. The van der Waals surface area contributed by atoms with Crippen LogP contribution in [0.3, 0.4) is 0 Å². The minimum absolute atomic E-state index is 0.0890. The van der Waals surface area contributed by atoms with Gasteiger partial charge in [0, 0.05) is 18.3 Å². The van der Waals surface area contributed by atoms with Gasteiger partial charge in [-0.15, -0.1) is 0 Å². The number of nitrogens with zero attached hydrogens (tertiary/aromatic N) is 2. The van der Waals surface area contributed by atoms with Gasteiger partial charge in [-0.2, -0.15) is 0 Å². The highest BCUT2D eigenvalue weighted by Crippen LogP contribution is 2.25. The van der Waals surface area contributed by atoms with Crippen molar-refractivity contribution in [3.05, 3.63) is 52.8 Å². The van der Waals surface area contributed by atoms with Crippen LogP contribution in [0.4, 0.5) is 4.79 Å². The largest absolute Gasteiger partial charge is 0.445 e. The molecule has 0 fully saturated rings. The van der Waals surface area contributed by atoms with Crippen molar-refractivity contribution in [3.8, 4) is 0 Å². The predicted octanol–water partition coefficient (Wildman–Crippen LogP) is 2.56. The van der Waals surface area contributed by atoms with Gasteiger partial charge in [-0.25, -0.2) is 14.8 Å². The Bertz CT molecular complexity index is 720. The zero-order valence-corrected chi connectivity index (χ0v) is 15.7. The monoisotopic (exact) mass is 397 g/mol. The number of aliphatic hydroxyl groups excluding tert-OH is 2. The lowest BCUT2D eigenvalue weighted by molar-refractivity contribution is 0.0132. The van der Waals surface area contributed by atoms with Crippen molar-refractivity contribution < 1.29 is 19.7 Å². The molecule has 7 nitrogen and oxygen atoms in total. The molecule has 1 amide bonds. The molecular formula is C17H20ClN3O4S. The van der Waals surface area contributed by atoms with E-state index >= 15 is 0 Å². The number of benzene rings is 1. The third-order valence-corrected chi connectivity index (χ3v) is 4.40. The Morgan fingerprint density at radius 3 is 2.73 bits per heavy atom. The number of aromatic nitrogens is 2. The highest BCUT2D eigenvalue weighted by molar-refractivity contribution is 7.98. The summed E-state index contributed by atoms with van der Waals surface area (Å²) >= 11 is 7.33. The van der Waals surface area contributed by atoms with Crippen LogP contribution < -0.4 is 5.32 Å². The summed E-state index contributed by atoms with van der Waals surface area (Å²) in [7, 11) is 0. The quantitative estimate of drug-likeness (QED) is 0.357. The summed E-state index contributed by atoms with van der Waals surface area (Å²) in [6.07, 6.45) is 0.324. The minimum atomic E-state index is -1.25. The van der Waals surface area contributed by atoms with Gasteiger partial charge in [0.1, 0.15) is 17.9 Å². The first-order valence-electron chi connectivity index (χ1n) is 7.88. The number of thioether (sulfide) groups is 1. The van der Waals surface area contributed by atoms with Crippen molar-refractivity contribution in [2.75, 3.05) is 12.8 Å². The number of nitrogens with one attached hydrogen (secondary N) is 1. The number of amides is 1. The Hall–Kier alpha value is -1.87. The van der Waals surface area contributed by atoms with Crippen LogP contribution in [0.25, 0.3) is 0 Å². The third-order valence-electron chi connectivity index (χ3n) is 3.53. The fraction of sp³-hybridized carbons (Fsp3) is 0.353. The fourth-order valence-electron chi connectivity index (χ4n) is 2.11. The molecule has 0 aliphatic heterocycles. The standard InChI is InChI=1S/C17H20ClN3O4S/c1-26-16-20-9-12(15(18)21-16)14(23)13(22)7-8-19-17(24)25-10-11-5-3-2-4-6-11/h2-6,9,13-14,22-23H,7-8,10H2,1H3,(H,19,24). The van der Waals surface area contributed by atoms with Crippen LogP contribution in [0, 0.1) is 0 Å². The summed E-state index contributed by atoms with van der Waals surface area (Å²) in [6.45, 7) is 0.291. The van der Waals surface area contributed by atoms with E-state index < -0.39 is 18.3 Å². The highest BCUT2D eigenvalue weighted by Gasteiger charge is 2.22. The van der Waals surface area contributed by atoms with E-state index in [0.717, 1.165) is 5.56 Å². The summed E-state index contributed by atoms with van der Waals surface area (Å²) in [5.74, 6) is 0. The van der Waals surface area contributed by atoms with Crippen LogP contribution in [0.5, 0.6) is 0 Å². The molecule has 0 saturated carbocycles. The van der Waals surface area contributed by atoms with E-state index in [9.17, 15) is 15.0 Å². The Balaban J connectivity index is 1.75. The second kappa shape index (κ2) is 10.3. The third kappa shape index (κ3) is 6.14. The maximum absolute atomic E-state index is 11.6. The smallest absolute Gasteiger partial charge is 0.407 e. The molecule has 2 rings (SSSR count). The number of rotatable bonds is 8. The van der Waals surface area contributed by atoms with Gasteiger partial charge in [-0.05, 0) is 18.2 Å². The van der Waals surface area contributed by atoms with E-state index in [-0.39, 0.29) is 30.3 Å². The van der Waals surface area contributed by atoms with Crippen LogP contribution in [0.15, 0.2) is 41.7 Å². The first-order chi connectivity index (χ1) is 12.5. The van der Waals surface area contributed by atoms with Crippen molar-refractivity contribution in [2.24, 2.45) is 0 Å². The molecule has 2 unspecified atom stereocenters. The zero-order valence-electron chi connectivity index (χ0n) is 14.1. The summed E-state index contributed by atoms with van der Waals surface area (Å²) < 4.78 is 5.06. The van der Waals surface area contributed by atoms with Crippen LogP contribution in [-0.2, 0) is 11.3 Å². The number of carbonyl (C=O) groups is 1. The molecule has 0 spiro atoms. The second-order valence-corrected chi connectivity index (χ2v) is 6.52. The van der Waals surface area contributed by atoms with E-state index in [1.165, 1.54) is 18.0 Å². The van der Waals surface area contributed by atoms with Crippen molar-refractivity contribution in [1.29, 1.82) is 0 Å². The number of halogens is 1. The molecule has 1 heterocycles. The average molecular weight is 398 g/mol.